The number of guanidine groups is 1. The molecule has 0 aromatic heterocycles. The number of rotatable bonds is 4. The molecule has 0 heterocycles. The van der Waals surface area contributed by atoms with E-state index < -0.39 is 0 Å². The fourth-order valence-electron chi connectivity index (χ4n) is 2.36. The molecule has 2 rings (SSSR count). The number of hydrogen-bond donors (Lipinski definition) is 2. The summed E-state index contributed by atoms with van der Waals surface area (Å²) < 4.78 is 0. The summed E-state index contributed by atoms with van der Waals surface area (Å²) in [6.45, 7) is 0.768. The van der Waals surface area contributed by atoms with E-state index in [9.17, 15) is 0 Å². The summed E-state index contributed by atoms with van der Waals surface area (Å²) in [5, 5.41) is 0. The van der Waals surface area contributed by atoms with Crippen molar-refractivity contribution in [2.45, 2.75) is 25.7 Å². The summed E-state index contributed by atoms with van der Waals surface area (Å²) in [6, 6.07) is 10.6. The van der Waals surface area contributed by atoms with Gasteiger partial charge in [0.25, 0.3) is 0 Å². The van der Waals surface area contributed by atoms with E-state index in [0.29, 0.717) is 5.41 Å². The molecule has 0 radical (unpaired) electrons. The van der Waals surface area contributed by atoms with Crippen LogP contribution in [0.2, 0.25) is 0 Å². The van der Waals surface area contributed by atoms with Crippen LogP contribution >= 0.6 is 0 Å². The molecule has 0 saturated heterocycles. The van der Waals surface area contributed by atoms with Gasteiger partial charge in [0.15, 0.2) is 5.96 Å². The maximum Gasteiger partial charge on any atom is 0.185 e. The molecule has 1 aliphatic carbocycles. The molecule has 1 aromatic carbocycles. The van der Waals surface area contributed by atoms with Crippen molar-refractivity contribution < 1.29 is 0 Å². The molecule has 1 fully saturated rings. The minimum absolute atomic E-state index is 0.208. The van der Waals surface area contributed by atoms with Gasteiger partial charge in [-0.05, 0) is 30.2 Å². The molecule has 0 atom stereocenters. The summed E-state index contributed by atoms with van der Waals surface area (Å²) in [5.74, 6) is 0.208. The summed E-state index contributed by atoms with van der Waals surface area (Å²) in [7, 11) is 0. The Morgan fingerprint density at radius 1 is 1.19 bits per heavy atom. The zero-order chi connectivity index (χ0) is 11.4. The standard InChI is InChI=1S/C13H19N3/c14-12(15)16-10-13(7-4-8-13)9-11-5-2-1-3-6-11/h1-3,5-6H,4,7-10H2,(H4,14,15,16). The molecule has 4 N–H and O–H groups in total. The van der Waals surface area contributed by atoms with Crippen LogP contribution < -0.4 is 11.5 Å². The Balaban J connectivity index is 2.02. The van der Waals surface area contributed by atoms with Crippen molar-refractivity contribution in [3.05, 3.63) is 35.9 Å². The van der Waals surface area contributed by atoms with Crippen LogP contribution in [0, 0.1) is 5.41 Å². The molecule has 3 heteroatoms. The average molecular weight is 217 g/mol. The van der Waals surface area contributed by atoms with Crippen LogP contribution in [0.4, 0.5) is 0 Å². The van der Waals surface area contributed by atoms with Gasteiger partial charge < -0.3 is 11.5 Å². The predicted octanol–water partition coefficient (Wildman–Crippen LogP) is 1.67. The van der Waals surface area contributed by atoms with Crippen LogP contribution in [0.15, 0.2) is 35.3 Å². The van der Waals surface area contributed by atoms with Gasteiger partial charge in [-0.1, -0.05) is 36.8 Å². The highest BCUT2D eigenvalue weighted by molar-refractivity contribution is 5.75. The molecule has 1 saturated carbocycles. The zero-order valence-electron chi connectivity index (χ0n) is 9.52. The van der Waals surface area contributed by atoms with Crippen molar-refractivity contribution in [2.24, 2.45) is 21.9 Å². The Labute approximate surface area is 96.6 Å². The van der Waals surface area contributed by atoms with Gasteiger partial charge in [-0.2, -0.15) is 0 Å². The van der Waals surface area contributed by atoms with Gasteiger partial charge in [0, 0.05) is 6.54 Å². The van der Waals surface area contributed by atoms with Crippen LogP contribution in [-0.2, 0) is 6.42 Å². The monoisotopic (exact) mass is 217 g/mol. The first-order chi connectivity index (χ1) is 7.70. The third-order valence-corrected chi connectivity index (χ3v) is 3.43. The maximum atomic E-state index is 5.40. The number of benzene rings is 1. The smallest absolute Gasteiger partial charge is 0.185 e. The lowest BCUT2D eigenvalue weighted by Crippen LogP contribution is -2.36. The molecular formula is C13H19N3. The normalized spacial score (nSPS) is 17.5. The quantitative estimate of drug-likeness (QED) is 0.595. The van der Waals surface area contributed by atoms with Crippen molar-refractivity contribution >= 4 is 5.96 Å². The highest BCUT2D eigenvalue weighted by Gasteiger charge is 2.36. The van der Waals surface area contributed by atoms with Crippen molar-refractivity contribution in [1.82, 2.24) is 0 Å². The fraction of sp³-hybridized carbons (Fsp3) is 0.462. The van der Waals surface area contributed by atoms with E-state index in [-0.39, 0.29) is 5.96 Å². The predicted molar refractivity (Wildman–Crippen MR) is 67.1 cm³/mol. The first-order valence-corrected chi connectivity index (χ1v) is 5.80. The summed E-state index contributed by atoms with van der Waals surface area (Å²) in [6.07, 6.45) is 4.86. The van der Waals surface area contributed by atoms with Crippen LogP contribution in [0.25, 0.3) is 0 Å². The van der Waals surface area contributed by atoms with Crippen LogP contribution in [-0.4, -0.2) is 12.5 Å². The molecule has 0 spiro atoms. The van der Waals surface area contributed by atoms with E-state index in [0.717, 1.165) is 13.0 Å². The summed E-state index contributed by atoms with van der Waals surface area (Å²) in [4.78, 5) is 4.19. The second-order valence-corrected chi connectivity index (χ2v) is 4.76. The molecule has 0 aliphatic heterocycles. The van der Waals surface area contributed by atoms with Crippen LogP contribution in [0.5, 0.6) is 0 Å². The molecule has 0 bridgehead atoms. The van der Waals surface area contributed by atoms with Gasteiger partial charge in [-0.3, -0.25) is 4.99 Å². The minimum atomic E-state index is 0.208. The molecule has 1 aliphatic rings. The molecule has 1 aromatic rings. The Bertz CT molecular complexity index is 362. The van der Waals surface area contributed by atoms with E-state index in [1.807, 2.05) is 6.07 Å². The fourth-order valence-corrected chi connectivity index (χ4v) is 2.36. The Hall–Kier alpha value is -1.51. The first-order valence-electron chi connectivity index (χ1n) is 5.80. The van der Waals surface area contributed by atoms with Crippen molar-refractivity contribution in [2.75, 3.05) is 6.54 Å². The van der Waals surface area contributed by atoms with E-state index in [4.69, 9.17) is 11.5 Å². The number of hydrogen-bond acceptors (Lipinski definition) is 1. The second kappa shape index (κ2) is 4.56. The molecule has 0 unspecified atom stereocenters. The van der Waals surface area contributed by atoms with Gasteiger partial charge in [-0.25, -0.2) is 0 Å². The Morgan fingerprint density at radius 2 is 1.88 bits per heavy atom. The van der Waals surface area contributed by atoms with Gasteiger partial charge in [-0.15, -0.1) is 0 Å². The number of nitrogens with zero attached hydrogens (tertiary/aromatic N) is 1. The summed E-state index contributed by atoms with van der Waals surface area (Å²) in [5.41, 5.74) is 12.5. The average Bonchev–Trinajstić information content (AvgIpc) is 2.23. The van der Waals surface area contributed by atoms with Gasteiger partial charge in [0.05, 0.1) is 0 Å². The third kappa shape index (κ3) is 2.54. The van der Waals surface area contributed by atoms with Gasteiger partial charge >= 0.3 is 0 Å². The highest BCUT2D eigenvalue weighted by Crippen LogP contribution is 2.43. The Morgan fingerprint density at radius 3 is 2.38 bits per heavy atom. The van der Waals surface area contributed by atoms with Gasteiger partial charge in [0.2, 0.25) is 0 Å². The van der Waals surface area contributed by atoms with Crippen LogP contribution in [0.3, 0.4) is 0 Å². The van der Waals surface area contributed by atoms with E-state index in [2.05, 4.69) is 29.3 Å². The highest BCUT2D eigenvalue weighted by atomic mass is 15.0. The number of aliphatic imine (C=N–C) groups is 1. The molecular weight excluding hydrogens is 198 g/mol. The topological polar surface area (TPSA) is 64.4 Å². The number of nitrogens with two attached hydrogens (primary N) is 2. The lowest BCUT2D eigenvalue weighted by atomic mass is 9.65. The van der Waals surface area contributed by atoms with Crippen molar-refractivity contribution in [3.8, 4) is 0 Å². The lowest BCUT2D eigenvalue weighted by molar-refractivity contribution is 0.145. The SMILES string of the molecule is NC(N)=NCC1(Cc2ccccc2)CCC1. The van der Waals surface area contributed by atoms with Gasteiger partial charge in [0.1, 0.15) is 0 Å². The largest absolute Gasteiger partial charge is 0.370 e. The second-order valence-electron chi connectivity index (χ2n) is 4.76. The van der Waals surface area contributed by atoms with Crippen molar-refractivity contribution in [3.63, 3.8) is 0 Å². The lowest BCUT2D eigenvalue weighted by Gasteiger charge is -2.41. The molecule has 0 amide bonds. The molecule has 16 heavy (non-hydrogen) atoms. The van der Waals surface area contributed by atoms with Crippen molar-refractivity contribution in [1.29, 1.82) is 0 Å². The first kappa shape index (κ1) is 11.0. The van der Waals surface area contributed by atoms with E-state index >= 15 is 0 Å². The minimum Gasteiger partial charge on any atom is -0.370 e. The maximum absolute atomic E-state index is 5.40. The zero-order valence-corrected chi connectivity index (χ0v) is 9.52. The van der Waals surface area contributed by atoms with E-state index in [1.54, 1.807) is 0 Å². The molecule has 3 nitrogen and oxygen atoms in total. The summed E-state index contributed by atoms with van der Waals surface area (Å²) >= 11 is 0. The third-order valence-electron chi connectivity index (χ3n) is 3.43. The molecule has 86 valence electrons. The van der Waals surface area contributed by atoms with Crippen LogP contribution in [0.1, 0.15) is 24.8 Å². The Kier molecular flexibility index (Phi) is 3.13. The van der Waals surface area contributed by atoms with E-state index in [1.165, 1.54) is 24.8 Å².